The van der Waals surface area contributed by atoms with Crippen LogP contribution in [0.1, 0.15) is 32.9 Å². The van der Waals surface area contributed by atoms with Crippen LogP contribution in [0.15, 0.2) is 24.5 Å². The lowest BCUT2D eigenvalue weighted by Crippen LogP contribution is -2.24. The minimum absolute atomic E-state index is 0.255. The van der Waals surface area contributed by atoms with Gasteiger partial charge >= 0.3 is 0 Å². The van der Waals surface area contributed by atoms with Crippen LogP contribution in [0.4, 0.5) is 0 Å². The zero-order valence-corrected chi connectivity index (χ0v) is 12.4. The Labute approximate surface area is 127 Å². The second-order valence-electron chi connectivity index (χ2n) is 4.12. The van der Waals surface area contributed by atoms with E-state index in [4.69, 9.17) is 5.11 Å². The molecule has 2 heterocycles. The summed E-state index contributed by atoms with van der Waals surface area (Å²) in [5.74, 6) is 4.94. The maximum Gasteiger partial charge on any atom is 0.271 e. The van der Waals surface area contributed by atoms with Crippen molar-refractivity contribution in [3.8, 4) is 11.8 Å². The number of nitrogens with one attached hydrogen (secondary N) is 1. The molecule has 0 aromatic carbocycles. The van der Waals surface area contributed by atoms with Crippen LogP contribution in [-0.2, 0) is 13.0 Å². The number of aliphatic hydroxyl groups is 1. The van der Waals surface area contributed by atoms with Gasteiger partial charge in [-0.1, -0.05) is 18.8 Å². The monoisotopic (exact) mass is 301 g/mol. The molecule has 5 nitrogen and oxygen atoms in total. The molecule has 21 heavy (non-hydrogen) atoms. The highest BCUT2D eigenvalue weighted by atomic mass is 32.1. The first-order valence-corrected chi connectivity index (χ1v) is 7.32. The first kappa shape index (κ1) is 15.2. The third-order valence-electron chi connectivity index (χ3n) is 2.67. The minimum Gasteiger partial charge on any atom is -0.384 e. The van der Waals surface area contributed by atoms with Gasteiger partial charge in [0.1, 0.15) is 17.3 Å². The Morgan fingerprint density at radius 3 is 3.05 bits per heavy atom. The van der Waals surface area contributed by atoms with Crippen LogP contribution >= 0.6 is 11.3 Å². The van der Waals surface area contributed by atoms with Gasteiger partial charge in [-0.25, -0.2) is 9.97 Å². The maximum absolute atomic E-state index is 12.2. The fourth-order valence-corrected chi connectivity index (χ4v) is 2.46. The topological polar surface area (TPSA) is 75.1 Å². The number of nitrogens with zero attached hydrogens (tertiary/aromatic N) is 2. The lowest BCUT2D eigenvalue weighted by Gasteiger charge is -2.04. The van der Waals surface area contributed by atoms with E-state index in [0.29, 0.717) is 12.1 Å². The number of rotatable bonds is 4. The molecule has 0 saturated carbocycles. The lowest BCUT2D eigenvalue weighted by molar-refractivity contribution is 0.0945. The van der Waals surface area contributed by atoms with Gasteiger partial charge in [0, 0.05) is 17.3 Å². The summed E-state index contributed by atoms with van der Waals surface area (Å²) in [7, 11) is 0. The molecule has 0 bridgehead atoms. The summed E-state index contributed by atoms with van der Waals surface area (Å²) in [4.78, 5) is 21.6. The van der Waals surface area contributed by atoms with E-state index in [-0.39, 0.29) is 18.2 Å². The van der Waals surface area contributed by atoms with Gasteiger partial charge in [-0.3, -0.25) is 4.79 Å². The molecule has 2 aromatic heterocycles. The van der Waals surface area contributed by atoms with E-state index in [1.807, 2.05) is 6.20 Å². The number of thiazole rings is 1. The van der Waals surface area contributed by atoms with Crippen LogP contribution in [0.5, 0.6) is 0 Å². The van der Waals surface area contributed by atoms with Crippen molar-refractivity contribution in [1.82, 2.24) is 15.3 Å². The standard InChI is InChI=1S/C15H15N3O2S/c1-2-12-9-17-13(21-12)10-18-15(20)14-11(6-4-8-19)5-3-7-16-14/h3,5,7,9,19H,2,8,10H2,1H3,(H,18,20). The Kier molecular flexibility index (Phi) is 5.43. The molecule has 0 aliphatic rings. The van der Waals surface area contributed by atoms with Crippen LogP contribution in [-0.4, -0.2) is 27.6 Å². The van der Waals surface area contributed by atoms with E-state index in [1.165, 1.54) is 11.1 Å². The molecule has 0 spiro atoms. The predicted molar refractivity (Wildman–Crippen MR) is 80.9 cm³/mol. The van der Waals surface area contributed by atoms with Gasteiger partial charge in [0.15, 0.2) is 0 Å². The highest BCUT2D eigenvalue weighted by molar-refractivity contribution is 7.11. The SMILES string of the molecule is CCc1cnc(CNC(=O)c2ncccc2C#CCO)s1. The number of hydrogen-bond acceptors (Lipinski definition) is 5. The molecule has 2 rings (SSSR count). The molecular weight excluding hydrogens is 286 g/mol. The number of aromatic nitrogens is 2. The first-order chi connectivity index (χ1) is 10.2. The van der Waals surface area contributed by atoms with Crippen molar-refractivity contribution in [3.63, 3.8) is 0 Å². The van der Waals surface area contributed by atoms with Crippen molar-refractivity contribution in [3.05, 3.63) is 45.7 Å². The number of aliphatic hydroxyl groups excluding tert-OH is 1. The van der Waals surface area contributed by atoms with E-state index in [0.717, 1.165) is 11.4 Å². The average Bonchev–Trinajstić information content (AvgIpc) is 2.99. The fourth-order valence-electron chi connectivity index (χ4n) is 1.65. The van der Waals surface area contributed by atoms with Gasteiger partial charge in [0.25, 0.3) is 5.91 Å². The van der Waals surface area contributed by atoms with Crippen molar-refractivity contribution in [2.75, 3.05) is 6.61 Å². The number of pyridine rings is 1. The van der Waals surface area contributed by atoms with Crippen molar-refractivity contribution in [1.29, 1.82) is 0 Å². The Balaban J connectivity index is 2.06. The normalized spacial score (nSPS) is 9.81. The van der Waals surface area contributed by atoms with E-state index in [2.05, 4.69) is 34.0 Å². The molecule has 2 N–H and O–H groups in total. The van der Waals surface area contributed by atoms with Crippen molar-refractivity contribution in [2.24, 2.45) is 0 Å². The van der Waals surface area contributed by atoms with Crippen LogP contribution < -0.4 is 5.32 Å². The molecule has 0 saturated heterocycles. The Morgan fingerprint density at radius 1 is 1.48 bits per heavy atom. The zero-order chi connectivity index (χ0) is 15.1. The van der Waals surface area contributed by atoms with Gasteiger partial charge in [-0.15, -0.1) is 11.3 Å². The van der Waals surface area contributed by atoms with Crippen LogP contribution in [0.25, 0.3) is 0 Å². The van der Waals surface area contributed by atoms with E-state index in [1.54, 1.807) is 23.5 Å². The third kappa shape index (κ3) is 4.12. The van der Waals surface area contributed by atoms with Gasteiger partial charge < -0.3 is 10.4 Å². The quantitative estimate of drug-likeness (QED) is 0.837. The van der Waals surface area contributed by atoms with Crippen LogP contribution in [0.2, 0.25) is 0 Å². The molecule has 6 heteroatoms. The van der Waals surface area contributed by atoms with E-state index in [9.17, 15) is 4.79 Å². The molecule has 108 valence electrons. The van der Waals surface area contributed by atoms with Crippen LogP contribution in [0.3, 0.4) is 0 Å². The largest absolute Gasteiger partial charge is 0.384 e. The van der Waals surface area contributed by atoms with Crippen molar-refractivity contribution >= 4 is 17.2 Å². The van der Waals surface area contributed by atoms with Gasteiger partial charge in [-0.2, -0.15) is 0 Å². The third-order valence-corrected chi connectivity index (χ3v) is 3.82. The summed E-state index contributed by atoms with van der Waals surface area (Å²) in [6.45, 7) is 2.18. The number of carbonyl (C=O) groups is 1. The first-order valence-electron chi connectivity index (χ1n) is 6.51. The lowest BCUT2D eigenvalue weighted by atomic mass is 10.2. The smallest absolute Gasteiger partial charge is 0.271 e. The molecule has 0 unspecified atom stereocenters. The summed E-state index contributed by atoms with van der Waals surface area (Å²) in [6.07, 6.45) is 4.30. The van der Waals surface area contributed by atoms with Crippen molar-refractivity contribution < 1.29 is 9.90 Å². The second-order valence-corrected chi connectivity index (χ2v) is 5.32. The van der Waals surface area contributed by atoms with Gasteiger partial charge in [-0.05, 0) is 18.6 Å². The van der Waals surface area contributed by atoms with Crippen molar-refractivity contribution in [2.45, 2.75) is 19.9 Å². The Hall–Kier alpha value is -2.23. The van der Waals surface area contributed by atoms with Gasteiger partial charge in [0.2, 0.25) is 0 Å². The van der Waals surface area contributed by atoms with E-state index >= 15 is 0 Å². The Morgan fingerprint density at radius 2 is 2.33 bits per heavy atom. The summed E-state index contributed by atoms with van der Waals surface area (Å²) in [5.41, 5.74) is 0.753. The summed E-state index contributed by atoms with van der Waals surface area (Å²) < 4.78 is 0. The maximum atomic E-state index is 12.2. The van der Waals surface area contributed by atoms with Gasteiger partial charge in [0.05, 0.1) is 12.1 Å². The molecular formula is C15H15N3O2S. The predicted octanol–water partition coefficient (Wildman–Crippen LogP) is 1.37. The molecule has 0 atom stereocenters. The molecule has 0 aliphatic carbocycles. The molecule has 0 aliphatic heterocycles. The second kappa shape index (κ2) is 7.53. The number of hydrogen-bond donors (Lipinski definition) is 2. The number of carbonyl (C=O) groups excluding carboxylic acids is 1. The molecule has 2 aromatic rings. The zero-order valence-electron chi connectivity index (χ0n) is 11.6. The summed E-state index contributed by atoms with van der Waals surface area (Å²) in [5, 5.41) is 12.4. The highest BCUT2D eigenvalue weighted by Crippen LogP contribution is 2.13. The summed E-state index contributed by atoms with van der Waals surface area (Å²) in [6, 6.07) is 3.40. The Bertz CT molecular complexity index is 685. The van der Waals surface area contributed by atoms with E-state index < -0.39 is 0 Å². The number of amides is 1. The minimum atomic E-state index is -0.300. The average molecular weight is 301 g/mol. The molecule has 0 radical (unpaired) electrons. The molecule has 1 amide bonds. The highest BCUT2D eigenvalue weighted by Gasteiger charge is 2.12. The molecule has 0 fully saturated rings. The fraction of sp³-hybridized carbons (Fsp3) is 0.267. The summed E-state index contributed by atoms with van der Waals surface area (Å²) >= 11 is 1.58. The number of aryl methyl sites for hydroxylation is 1. The van der Waals surface area contributed by atoms with Crippen LogP contribution in [0, 0.1) is 11.8 Å².